The van der Waals surface area contributed by atoms with Gasteiger partial charge in [0.2, 0.25) is 0 Å². The van der Waals surface area contributed by atoms with E-state index >= 15 is 0 Å². The Morgan fingerprint density at radius 2 is 0.904 bits per heavy atom. The topological polar surface area (TPSA) is 3.24 Å². The summed E-state index contributed by atoms with van der Waals surface area (Å²) in [4.78, 5) is 2.37. The van der Waals surface area contributed by atoms with Crippen molar-refractivity contribution in [3.63, 3.8) is 0 Å². The summed E-state index contributed by atoms with van der Waals surface area (Å²) in [5, 5.41) is 5.05. The number of nitrogens with zero attached hydrogens (tertiary/aromatic N) is 1. The van der Waals surface area contributed by atoms with Crippen LogP contribution in [-0.2, 0) is 5.41 Å². The molecule has 242 valence electrons. The summed E-state index contributed by atoms with van der Waals surface area (Å²) in [6.45, 7) is 0. The molecule has 0 amide bonds. The zero-order chi connectivity index (χ0) is 34.2. The molecular formula is C51H33N. The number of fused-ring (bicyclic) bond motifs is 13. The van der Waals surface area contributed by atoms with Crippen LogP contribution in [0.25, 0.3) is 54.9 Å². The first kappa shape index (κ1) is 29.1. The summed E-state index contributed by atoms with van der Waals surface area (Å²) in [7, 11) is 0. The quantitative estimate of drug-likeness (QED) is 0.182. The van der Waals surface area contributed by atoms with Gasteiger partial charge in [0.1, 0.15) is 0 Å². The second kappa shape index (κ2) is 11.2. The van der Waals surface area contributed by atoms with E-state index in [0.717, 1.165) is 11.4 Å². The summed E-state index contributed by atoms with van der Waals surface area (Å²) in [5.74, 6) is 0. The van der Waals surface area contributed by atoms with Crippen LogP contribution in [0.3, 0.4) is 0 Å². The van der Waals surface area contributed by atoms with Crippen LogP contribution >= 0.6 is 0 Å². The van der Waals surface area contributed by atoms with Crippen molar-refractivity contribution in [3.8, 4) is 33.4 Å². The standard InChI is InChI=1S/C51H33N/c1-2-16-38(17-3-1)52(49-24-12-15-35-13-4-6-18-40(35)49)39-29-25-34(26-30-39)37-27-31-44-48(33-37)51(47-32-28-36-14-5-7-19-41(36)50(44)47)45-22-10-8-20-42(45)43-21-9-11-23-46(43)51/h1-33H. The van der Waals surface area contributed by atoms with Gasteiger partial charge in [-0.3, -0.25) is 0 Å². The average Bonchev–Trinajstić information content (AvgIpc) is 3.69. The monoisotopic (exact) mass is 659 g/mol. The summed E-state index contributed by atoms with van der Waals surface area (Å²) in [6, 6.07) is 73.9. The van der Waals surface area contributed by atoms with E-state index in [1.54, 1.807) is 0 Å². The van der Waals surface area contributed by atoms with Crippen molar-refractivity contribution in [3.05, 3.63) is 222 Å². The van der Waals surface area contributed by atoms with Gasteiger partial charge in [-0.1, -0.05) is 164 Å². The Hall–Kier alpha value is -6.70. The zero-order valence-corrected chi connectivity index (χ0v) is 28.5. The molecule has 0 bridgehead atoms. The molecule has 0 saturated heterocycles. The van der Waals surface area contributed by atoms with Gasteiger partial charge in [0.05, 0.1) is 11.1 Å². The second-order valence-electron chi connectivity index (χ2n) is 14.0. The third-order valence-electron chi connectivity index (χ3n) is 11.5. The zero-order valence-electron chi connectivity index (χ0n) is 28.5. The second-order valence-corrected chi connectivity index (χ2v) is 14.0. The minimum atomic E-state index is -0.393. The molecule has 1 nitrogen and oxygen atoms in total. The maximum Gasteiger partial charge on any atom is 0.0725 e. The molecule has 0 heterocycles. The molecule has 1 heteroatoms. The van der Waals surface area contributed by atoms with Crippen molar-refractivity contribution in [2.24, 2.45) is 0 Å². The van der Waals surface area contributed by atoms with Gasteiger partial charge in [-0.2, -0.15) is 0 Å². The molecule has 0 unspecified atom stereocenters. The maximum atomic E-state index is 2.48. The highest BCUT2D eigenvalue weighted by Gasteiger charge is 2.52. The first-order chi connectivity index (χ1) is 25.8. The molecule has 9 aromatic rings. The Morgan fingerprint density at radius 1 is 0.327 bits per heavy atom. The molecule has 1 spiro atoms. The Morgan fingerprint density at radius 3 is 1.65 bits per heavy atom. The highest BCUT2D eigenvalue weighted by Crippen LogP contribution is 2.64. The van der Waals surface area contributed by atoms with Crippen molar-refractivity contribution in [1.29, 1.82) is 0 Å². The van der Waals surface area contributed by atoms with E-state index < -0.39 is 5.41 Å². The molecule has 0 aliphatic heterocycles. The van der Waals surface area contributed by atoms with E-state index in [9.17, 15) is 0 Å². The Bertz CT molecular complexity index is 2800. The highest BCUT2D eigenvalue weighted by atomic mass is 15.1. The van der Waals surface area contributed by atoms with Crippen LogP contribution in [-0.4, -0.2) is 0 Å². The van der Waals surface area contributed by atoms with Gasteiger partial charge in [0.15, 0.2) is 0 Å². The van der Waals surface area contributed by atoms with Crippen LogP contribution in [0.1, 0.15) is 22.3 Å². The van der Waals surface area contributed by atoms with Crippen LogP contribution in [0.2, 0.25) is 0 Å². The molecule has 0 radical (unpaired) electrons. The first-order valence-electron chi connectivity index (χ1n) is 18.1. The number of hydrogen-bond donors (Lipinski definition) is 0. The fourth-order valence-electron chi connectivity index (χ4n) is 9.30. The predicted molar refractivity (Wildman–Crippen MR) is 218 cm³/mol. The van der Waals surface area contributed by atoms with Crippen LogP contribution in [0.15, 0.2) is 200 Å². The lowest BCUT2D eigenvalue weighted by Crippen LogP contribution is -2.25. The summed E-state index contributed by atoms with van der Waals surface area (Å²) in [6.07, 6.45) is 0. The van der Waals surface area contributed by atoms with Crippen molar-refractivity contribution >= 4 is 38.6 Å². The molecular weight excluding hydrogens is 627 g/mol. The van der Waals surface area contributed by atoms with Gasteiger partial charge in [-0.25, -0.2) is 0 Å². The average molecular weight is 660 g/mol. The molecule has 2 aliphatic rings. The Kier molecular flexibility index (Phi) is 6.23. The van der Waals surface area contributed by atoms with Crippen molar-refractivity contribution in [1.82, 2.24) is 0 Å². The van der Waals surface area contributed by atoms with E-state index in [4.69, 9.17) is 0 Å². The SMILES string of the molecule is c1ccc(N(c2ccc(-c3ccc4c(c3)C3(c5ccccc5-c5ccccc53)c3ccc5ccccc5c3-4)cc2)c2cccc3ccccc23)cc1. The van der Waals surface area contributed by atoms with Crippen molar-refractivity contribution < 1.29 is 0 Å². The minimum Gasteiger partial charge on any atom is -0.310 e. The lowest BCUT2D eigenvalue weighted by Gasteiger charge is -2.31. The van der Waals surface area contributed by atoms with Gasteiger partial charge < -0.3 is 4.90 Å². The fraction of sp³-hybridized carbons (Fsp3) is 0.0196. The van der Waals surface area contributed by atoms with Crippen LogP contribution < -0.4 is 4.90 Å². The Labute approximate surface area is 303 Å². The molecule has 0 fully saturated rings. The third-order valence-corrected chi connectivity index (χ3v) is 11.5. The predicted octanol–water partition coefficient (Wildman–Crippen LogP) is 13.5. The molecule has 0 N–H and O–H groups in total. The molecule has 0 aromatic heterocycles. The Balaban J connectivity index is 1.11. The van der Waals surface area contributed by atoms with E-state index in [1.807, 2.05) is 0 Å². The van der Waals surface area contributed by atoms with E-state index in [1.165, 1.54) is 82.9 Å². The van der Waals surface area contributed by atoms with E-state index in [0.29, 0.717) is 0 Å². The van der Waals surface area contributed by atoms with Crippen LogP contribution in [0, 0.1) is 0 Å². The normalized spacial score (nSPS) is 13.2. The number of para-hydroxylation sites is 1. The van der Waals surface area contributed by atoms with Gasteiger partial charge in [0.25, 0.3) is 0 Å². The summed E-state index contributed by atoms with van der Waals surface area (Å²) in [5.41, 5.74) is 16.3. The lowest BCUT2D eigenvalue weighted by molar-refractivity contribution is 0.795. The van der Waals surface area contributed by atoms with E-state index in [2.05, 4.69) is 205 Å². The van der Waals surface area contributed by atoms with Gasteiger partial charge in [0, 0.05) is 16.8 Å². The maximum absolute atomic E-state index is 2.48. The smallest absolute Gasteiger partial charge is 0.0725 e. The van der Waals surface area contributed by atoms with Crippen LogP contribution in [0.5, 0.6) is 0 Å². The molecule has 0 saturated carbocycles. The number of rotatable bonds is 4. The molecule has 2 aliphatic carbocycles. The lowest BCUT2D eigenvalue weighted by atomic mass is 9.70. The van der Waals surface area contributed by atoms with Gasteiger partial charge in [-0.05, 0) is 108 Å². The van der Waals surface area contributed by atoms with Crippen molar-refractivity contribution in [2.75, 3.05) is 4.90 Å². The summed E-state index contributed by atoms with van der Waals surface area (Å²) < 4.78 is 0. The molecule has 52 heavy (non-hydrogen) atoms. The minimum absolute atomic E-state index is 0.393. The molecule has 0 atom stereocenters. The fourth-order valence-corrected chi connectivity index (χ4v) is 9.30. The van der Waals surface area contributed by atoms with Gasteiger partial charge in [-0.15, -0.1) is 0 Å². The molecule has 11 rings (SSSR count). The number of hydrogen-bond acceptors (Lipinski definition) is 1. The van der Waals surface area contributed by atoms with Crippen LogP contribution in [0.4, 0.5) is 17.1 Å². The summed E-state index contributed by atoms with van der Waals surface area (Å²) >= 11 is 0. The van der Waals surface area contributed by atoms with Crippen molar-refractivity contribution in [2.45, 2.75) is 5.41 Å². The largest absolute Gasteiger partial charge is 0.310 e. The first-order valence-corrected chi connectivity index (χ1v) is 18.1. The molecule has 9 aromatic carbocycles. The number of benzene rings is 9. The highest BCUT2D eigenvalue weighted by molar-refractivity contribution is 6.06. The van der Waals surface area contributed by atoms with Gasteiger partial charge >= 0.3 is 0 Å². The third kappa shape index (κ3) is 3.99. The van der Waals surface area contributed by atoms with E-state index in [-0.39, 0.29) is 0 Å². The number of anilines is 3.